The number of benzene rings is 1. The van der Waals surface area contributed by atoms with Crippen LogP contribution >= 0.6 is 0 Å². The highest BCUT2D eigenvalue weighted by atomic mass is 19.3. The second-order valence-corrected chi connectivity index (χ2v) is 3.47. The lowest BCUT2D eigenvalue weighted by Gasteiger charge is -2.09. The number of carboxylic acid groups (broad SMARTS) is 1. The van der Waals surface area contributed by atoms with Crippen LogP contribution in [0.25, 0.3) is 0 Å². The number of aliphatic carboxylic acids is 1. The van der Waals surface area contributed by atoms with Gasteiger partial charge in [0.1, 0.15) is 0 Å². The molecule has 1 aromatic carbocycles. The van der Waals surface area contributed by atoms with Crippen LogP contribution in [0.5, 0.6) is 5.75 Å². The van der Waals surface area contributed by atoms with Crippen molar-refractivity contribution in [2.45, 2.75) is 20.0 Å². The molecule has 6 nitrogen and oxygen atoms in total. The maximum atomic E-state index is 12.1. The van der Waals surface area contributed by atoms with Gasteiger partial charge < -0.3 is 9.84 Å². The summed E-state index contributed by atoms with van der Waals surface area (Å²) in [6, 6.07) is 2.18. The first-order chi connectivity index (χ1) is 8.31. The Morgan fingerprint density at radius 3 is 2.61 bits per heavy atom. The van der Waals surface area contributed by atoms with Crippen LogP contribution in [0.4, 0.5) is 14.5 Å². The first-order valence-electron chi connectivity index (χ1n) is 4.75. The van der Waals surface area contributed by atoms with Crippen molar-refractivity contribution in [1.82, 2.24) is 0 Å². The third kappa shape index (κ3) is 3.37. The number of rotatable bonds is 5. The number of nitro benzene ring substituents is 1. The largest absolute Gasteiger partial charge is 0.481 e. The average Bonchev–Trinajstić information content (AvgIpc) is 2.19. The fourth-order valence-corrected chi connectivity index (χ4v) is 1.48. The monoisotopic (exact) mass is 261 g/mol. The van der Waals surface area contributed by atoms with Gasteiger partial charge in [-0.3, -0.25) is 14.9 Å². The number of nitrogens with zero attached hydrogens (tertiary/aromatic N) is 1. The van der Waals surface area contributed by atoms with E-state index < -0.39 is 35.4 Å². The molecule has 98 valence electrons. The van der Waals surface area contributed by atoms with Crippen LogP contribution < -0.4 is 4.74 Å². The molecule has 0 unspecified atom stereocenters. The van der Waals surface area contributed by atoms with Gasteiger partial charge in [-0.15, -0.1) is 0 Å². The van der Waals surface area contributed by atoms with E-state index in [0.29, 0.717) is 0 Å². The zero-order valence-electron chi connectivity index (χ0n) is 9.22. The van der Waals surface area contributed by atoms with Gasteiger partial charge in [-0.2, -0.15) is 8.78 Å². The Labute approximate surface area is 99.9 Å². The van der Waals surface area contributed by atoms with Crippen LogP contribution in [-0.4, -0.2) is 22.6 Å². The van der Waals surface area contributed by atoms with Crippen molar-refractivity contribution in [3.05, 3.63) is 33.4 Å². The minimum atomic E-state index is -3.19. The number of carbonyl (C=O) groups is 1. The summed E-state index contributed by atoms with van der Waals surface area (Å²) in [5.41, 5.74) is -0.444. The average molecular weight is 261 g/mol. The molecule has 0 saturated heterocycles. The fourth-order valence-electron chi connectivity index (χ4n) is 1.48. The van der Waals surface area contributed by atoms with Gasteiger partial charge in [-0.25, -0.2) is 0 Å². The molecular formula is C10H9F2NO5. The molecule has 0 aromatic heterocycles. The van der Waals surface area contributed by atoms with E-state index in [9.17, 15) is 23.7 Å². The number of carboxylic acids is 1. The minimum Gasteiger partial charge on any atom is -0.481 e. The van der Waals surface area contributed by atoms with E-state index in [0.717, 1.165) is 6.07 Å². The van der Waals surface area contributed by atoms with Gasteiger partial charge in [0.25, 0.3) is 0 Å². The zero-order valence-corrected chi connectivity index (χ0v) is 9.22. The highest BCUT2D eigenvalue weighted by molar-refractivity contribution is 5.71. The van der Waals surface area contributed by atoms with Gasteiger partial charge >= 0.3 is 18.3 Å². The van der Waals surface area contributed by atoms with Gasteiger partial charge in [0.2, 0.25) is 5.75 Å². The molecule has 0 saturated carbocycles. The lowest BCUT2D eigenvalue weighted by Crippen LogP contribution is -2.08. The molecular weight excluding hydrogens is 252 g/mol. The van der Waals surface area contributed by atoms with Gasteiger partial charge in [0, 0.05) is 6.07 Å². The number of aryl methyl sites for hydroxylation is 1. The van der Waals surface area contributed by atoms with E-state index in [-0.39, 0.29) is 11.1 Å². The summed E-state index contributed by atoms with van der Waals surface area (Å²) < 4.78 is 28.3. The number of alkyl halides is 2. The molecule has 0 aliphatic heterocycles. The number of ether oxygens (including phenoxy) is 1. The second-order valence-electron chi connectivity index (χ2n) is 3.47. The third-order valence-electron chi connectivity index (χ3n) is 2.07. The summed E-state index contributed by atoms with van der Waals surface area (Å²) >= 11 is 0. The molecule has 0 spiro atoms. The van der Waals surface area contributed by atoms with E-state index in [1.54, 1.807) is 0 Å². The molecule has 0 heterocycles. The normalized spacial score (nSPS) is 10.4. The van der Waals surface area contributed by atoms with Crippen molar-refractivity contribution in [3.8, 4) is 5.75 Å². The first kappa shape index (κ1) is 13.8. The number of hydrogen-bond acceptors (Lipinski definition) is 4. The van der Waals surface area contributed by atoms with Crippen LogP contribution in [0, 0.1) is 17.0 Å². The summed E-state index contributed by atoms with van der Waals surface area (Å²) in [6.07, 6.45) is -0.434. The molecule has 8 heteroatoms. The number of halogens is 2. The molecule has 0 aliphatic rings. The van der Waals surface area contributed by atoms with Crippen LogP contribution in [0.3, 0.4) is 0 Å². The predicted molar refractivity (Wildman–Crippen MR) is 55.8 cm³/mol. The van der Waals surface area contributed by atoms with Crippen molar-refractivity contribution in [1.29, 1.82) is 0 Å². The van der Waals surface area contributed by atoms with E-state index >= 15 is 0 Å². The quantitative estimate of drug-likeness (QED) is 0.647. The van der Waals surface area contributed by atoms with Gasteiger partial charge in [-0.05, 0) is 18.1 Å². The van der Waals surface area contributed by atoms with Gasteiger partial charge in [0.15, 0.2) is 0 Å². The molecule has 0 bridgehead atoms. The lowest BCUT2D eigenvalue weighted by molar-refractivity contribution is -0.386. The first-order valence-corrected chi connectivity index (χ1v) is 4.75. The smallest absolute Gasteiger partial charge is 0.387 e. The van der Waals surface area contributed by atoms with E-state index in [2.05, 4.69) is 4.74 Å². The maximum absolute atomic E-state index is 12.1. The summed E-state index contributed by atoms with van der Waals surface area (Å²) in [7, 11) is 0. The van der Waals surface area contributed by atoms with Crippen molar-refractivity contribution in [2.75, 3.05) is 0 Å². The minimum absolute atomic E-state index is 0.0840. The molecule has 0 aliphatic carbocycles. The molecule has 1 rings (SSSR count). The summed E-state index contributed by atoms with van der Waals surface area (Å²) in [6.45, 7) is -1.86. The predicted octanol–water partition coefficient (Wildman–Crippen LogP) is 2.13. The van der Waals surface area contributed by atoms with Crippen LogP contribution in [0.1, 0.15) is 11.1 Å². The van der Waals surface area contributed by atoms with Crippen LogP contribution in [0.15, 0.2) is 12.1 Å². The Balaban J connectivity index is 3.26. The Kier molecular flexibility index (Phi) is 4.13. The Morgan fingerprint density at radius 1 is 1.56 bits per heavy atom. The van der Waals surface area contributed by atoms with Gasteiger partial charge in [0.05, 0.1) is 11.3 Å². The molecule has 0 fully saturated rings. The van der Waals surface area contributed by atoms with E-state index in [4.69, 9.17) is 5.11 Å². The summed E-state index contributed by atoms with van der Waals surface area (Å²) in [5, 5.41) is 19.3. The molecule has 0 amide bonds. The molecule has 1 N–H and O–H groups in total. The summed E-state index contributed by atoms with van der Waals surface area (Å²) in [4.78, 5) is 20.3. The van der Waals surface area contributed by atoms with Gasteiger partial charge in [-0.1, -0.05) is 6.07 Å². The standard InChI is InChI=1S/C10H9F2NO5/c1-5-2-6(4-8(14)15)3-7(13(16)17)9(5)18-10(11)12/h2-3,10H,4H2,1H3,(H,14,15). The maximum Gasteiger partial charge on any atom is 0.387 e. The molecule has 18 heavy (non-hydrogen) atoms. The SMILES string of the molecule is Cc1cc(CC(=O)O)cc([N+](=O)[O-])c1OC(F)F. The van der Waals surface area contributed by atoms with Crippen molar-refractivity contribution >= 4 is 11.7 Å². The summed E-state index contributed by atoms with van der Waals surface area (Å²) in [5.74, 6) is -1.73. The van der Waals surface area contributed by atoms with Crippen molar-refractivity contribution in [3.63, 3.8) is 0 Å². The van der Waals surface area contributed by atoms with Crippen molar-refractivity contribution in [2.24, 2.45) is 0 Å². The lowest BCUT2D eigenvalue weighted by atomic mass is 10.1. The fraction of sp³-hybridized carbons (Fsp3) is 0.300. The molecule has 0 atom stereocenters. The zero-order chi connectivity index (χ0) is 13.9. The third-order valence-corrected chi connectivity index (χ3v) is 2.07. The Bertz CT molecular complexity index is 489. The van der Waals surface area contributed by atoms with E-state index in [1.807, 2.05) is 0 Å². The van der Waals surface area contributed by atoms with Crippen LogP contribution in [0.2, 0.25) is 0 Å². The number of hydrogen-bond donors (Lipinski definition) is 1. The molecule has 0 radical (unpaired) electrons. The highest BCUT2D eigenvalue weighted by Gasteiger charge is 2.22. The van der Waals surface area contributed by atoms with Crippen molar-refractivity contribution < 1.29 is 28.3 Å². The molecule has 1 aromatic rings. The van der Waals surface area contributed by atoms with Crippen LogP contribution in [-0.2, 0) is 11.2 Å². The number of nitro groups is 1. The highest BCUT2D eigenvalue weighted by Crippen LogP contribution is 2.33. The Hall–Kier alpha value is -2.25. The second kappa shape index (κ2) is 5.39. The van der Waals surface area contributed by atoms with E-state index in [1.165, 1.54) is 13.0 Å². The topological polar surface area (TPSA) is 89.7 Å². The Morgan fingerprint density at radius 2 is 2.17 bits per heavy atom.